The van der Waals surface area contributed by atoms with Crippen molar-refractivity contribution in [2.45, 2.75) is 97.5 Å². The predicted molar refractivity (Wildman–Crippen MR) is 112 cm³/mol. The highest BCUT2D eigenvalue weighted by Crippen LogP contribution is 2.64. The van der Waals surface area contributed by atoms with E-state index in [1.165, 1.54) is 11.1 Å². The van der Waals surface area contributed by atoms with Gasteiger partial charge in [-0.3, -0.25) is 4.79 Å². The van der Waals surface area contributed by atoms with Gasteiger partial charge in [-0.25, -0.2) is 0 Å². The Morgan fingerprint density at radius 2 is 1.52 bits per heavy atom. The molecule has 2 bridgehead atoms. The van der Waals surface area contributed by atoms with Crippen molar-refractivity contribution in [3.63, 3.8) is 0 Å². The number of Topliss-reactive ketones (excluding diaryl/α,β-unsaturated/α-hetero) is 1. The van der Waals surface area contributed by atoms with Crippen LogP contribution in [0.5, 0.6) is 0 Å². The van der Waals surface area contributed by atoms with E-state index in [2.05, 4.69) is 79.7 Å². The van der Waals surface area contributed by atoms with Crippen molar-refractivity contribution in [3.8, 4) is 0 Å². The zero-order valence-corrected chi connectivity index (χ0v) is 18.6. The average Bonchev–Trinajstić information content (AvgIpc) is 2.63. The third kappa shape index (κ3) is 2.44. The van der Waals surface area contributed by atoms with Gasteiger partial charge < -0.3 is 5.11 Å². The predicted octanol–water partition coefficient (Wildman–Crippen LogP) is 5.80. The maximum Gasteiger partial charge on any atom is 0.150 e. The van der Waals surface area contributed by atoms with Gasteiger partial charge in [0.1, 0.15) is 5.78 Å². The summed E-state index contributed by atoms with van der Waals surface area (Å²) in [5.41, 5.74) is 0.175. The van der Waals surface area contributed by atoms with Crippen LogP contribution in [0.25, 0.3) is 0 Å². The Morgan fingerprint density at radius 3 is 2.04 bits per heavy atom. The Balaban J connectivity index is 2.41. The highest BCUT2D eigenvalue weighted by Gasteiger charge is 2.65. The first kappa shape index (κ1) is 20.6. The molecule has 3 rings (SSSR count). The summed E-state index contributed by atoms with van der Waals surface area (Å²) in [4.78, 5) is 14.3. The third-order valence-electron chi connectivity index (χ3n) is 9.04. The molecule has 0 heterocycles. The van der Waals surface area contributed by atoms with Crippen LogP contribution in [0.1, 0.15) is 92.2 Å². The Kier molecular flexibility index (Phi) is 4.52. The number of hydrogen-bond donors (Lipinski definition) is 1. The molecule has 1 saturated carbocycles. The summed E-state index contributed by atoms with van der Waals surface area (Å²) in [5, 5.41) is 11.8. The van der Waals surface area contributed by atoms with Gasteiger partial charge in [0.2, 0.25) is 0 Å². The van der Waals surface area contributed by atoms with Gasteiger partial charge in [-0.1, -0.05) is 79.7 Å². The summed E-state index contributed by atoms with van der Waals surface area (Å²) in [6.45, 7) is 17.5. The second-order valence-electron chi connectivity index (χ2n) is 10.8. The lowest BCUT2D eigenvalue weighted by Crippen LogP contribution is -2.65. The van der Waals surface area contributed by atoms with Gasteiger partial charge >= 0.3 is 0 Å². The number of aliphatic hydroxyl groups is 1. The molecule has 1 fully saturated rings. The van der Waals surface area contributed by atoms with Crippen LogP contribution in [0.4, 0.5) is 0 Å². The molecule has 2 heteroatoms. The summed E-state index contributed by atoms with van der Waals surface area (Å²) in [5.74, 6) is 0.461. The fraction of sp³-hybridized carbons (Fsp3) is 0.720. The van der Waals surface area contributed by atoms with Gasteiger partial charge in [0, 0.05) is 10.8 Å². The molecular weight excluding hydrogens is 332 g/mol. The quantitative estimate of drug-likeness (QED) is 0.714. The van der Waals surface area contributed by atoms with Gasteiger partial charge in [-0.2, -0.15) is 0 Å². The minimum Gasteiger partial charge on any atom is -0.390 e. The molecule has 0 aromatic heterocycles. The fourth-order valence-corrected chi connectivity index (χ4v) is 6.48. The molecule has 4 atom stereocenters. The lowest BCUT2D eigenvalue weighted by Gasteiger charge is -2.62. The van der Waals surface area contributed by atoms with Crippen molar-refractivity contribution in [1.82, 2.24) is 0 Å². The van der Waals surface area contributed by atoms with Crippen LogP contribution in [0.2, 0.25) is 0 Å². The van der Waals surface area contributed by atoms with Crippen molar-refractivity contribution in [3.05, 3.63) is 35.4 Å². The molecule has 4 unspecified atom stereocenters. The van der Waals surface area contributed by atoms with Crippen LogP contribution in [0.3, 0.4) is 0 Å². The van der Waals surface area contributed by atoms with Crippen molar-refractivity contribution < 1.29 is 9.90 Å². The molecular formula is C25H38O2. The maximum atomic E-state index is 14.3. The molecule has 1 aromatic rings. The minimum atomic E-state index is -0.836. The normalized spacial score (nSPS) is 40.0. The second-order valence-corrected chi connectivity index (χ2v) is 10.8. The topological polar surface area (TPSA) is 37.3 Å². The molecule has 150 valence electrons. The molecule has 2 aliphatic rings. The van der Waals surface area contributed by atoms with Gasteiger partial charge in [0.05, 0.1) is 11.0 Å². The summed E-state index contributed by atoms with van der Waals surface area (Å²) in [6.07, 6.45) is 2.82. The van der Waals surface area contributed by atoms with Crippen LogP contribution in [0, 0.1) is 16.7 Å². The third-order valence-corrected chi connectivity index (χ3v) is 9.04. The van der Waals surface area contributed by atoms with E-state index in [9.17, 15) is 9.90 Å². The zero-order valence-electron chi connectivity index (χ0n) is 18.6. The summed E-state index contributed by atoms with van der Waals surface area (Å²) < 4.78 is 0. The van der Waals surface area contributed by atoms with E-state index in [-0.39, 0.29) is 16.7 Å². The zero-order chi connectivity index (χ0) is 20.5. The minimum absolute atomic E-state index is 0.120. The van der Waals surface area contributed by atoms with Gasteiger partial charge in [-0.05, 0) is 48.1 Å². The summed E-state index contributed by atoms with van der Waals surface area (Å²) >= 11 is 0. The number of rotatable bonds is 2. The van der Waals surface area contributed by atoms with Gasteiger partial charge in [-0.15, -0.1) is 0 Å². The maximum absolute atomic E-state index is 14.3. The molecule has 1 N–H and O–H groups in total. The Hall–Kier alpha value is -1.15. The second kappa shape index (κ2) is 5.92. The van der Waals surface area contributed by atoms with E-state index in [4.69, 9.17) is 0 Å². The largest absolute Gasteiger partial charge is 0.390 e. The SMILES string of the molecule is CCC12CC(C)(C)C(C)C(O)(CC)CC(C)(C1=O)C(C)(C)c1ccccc12. The van der Waals surface area contributed by atoms with Crippen molar-refractivity contribution in [1.29, 1.82) is 0 Å². The number of ketones is 1. The molecule has 1 aromatic carbocycles. The lowest BCUT2D eigenvalue weighted by molar-refractivity contribution is -0.164. The fourth-order valence-electron chi connectivity index (χ4n) is 6.48. The molecule has 0 aliphatic heterocycles. The standard InChI is InChI=1S/C25H38O2/c1-9-24-15-21(4,5)17(3)25(27,10-2)16-23(8,20(24)26)22(6,7)18-13-11-12-14-19(18)24/h11-14,17,27H,9-10,15-16H2,1-8H3. The summed E-state index contributed by atoms with van der Waals surface area (Å²) in [6, 6.07) is 8.59. The average molecular weight is 371 g/mol. The van der Waals surface area contributed by atoms with E-state index in [0.717, 1.165) is 12.8 Å². The first-order chi connectivity index (χ1) is 12.3. The highest BCUT2D eigenvalue weighted by molar-refractivity contribution is 5.98. The van der Waals surface area contributed by atoms with Crippen LogP contribution < -0.4 is 0 Å². The monoisotopic (exact) mass is 370 g/mol. The first-order valence-corrected chi connectivity index (χ1v) is 10.7. The van der Waals surface area contributed by atoms with E-state index >= 15 is 0 Å². The number of benzene rings is 1. The van der Waals surface area contributed by atoms with Crippen LogP contribution in [0.15, 0.2) is 24.3 Å². The smallest absolute Gasteiger partial charge is 0.150 e. The lowest BCUT2D eigenvalue weighted by atomic mass is 9.41. The van der Waals surface area contributed by atoms with Crippen molar-refractivity contribution in [2.75, 3.05) is 0 Å². The van der Waals surface area contributed by atoms with E-state index < -0.39 is 16.4 Å². The summed E-state index contributed by atoms with van der Waals surface area (Å²) in [7, 11) is 0. The van der Waals surface area contributed by atoms with Crippen LogP contribution >= 0.6 is 0 Å². The Morgan fingerprint density at radius 1 is 0.963 bits per heavy atom. The first-order valence-electron chi connectivity index (χ1n) is 10.7. The van der Waals surface area contributed by atoms with E-state index in [1.807, 2.05) is 0 Å². The molecule has 27 heavy (non-hydrogen) atoms. The number of hydrogen-bond acceptors (Lipinski definition) is 2. The van der Waals surface area contributed by atoms with Crippen LogP contribution in [-0.2, 0) is 15.6 Å². The van der Waals surface area contributed by atoms with E-state index in [1.54, 1.807) is 0 Å². The number of carbonyl (C=O) groups is 1. The van der Waals surface area contributed by atoms with Crippen LogP contribution in [-0.4, -0.2) is 16.5 Å². The molecule has 0 spiro atoms. The number of carbonyl (C=O) groups excluding carboxylic acids is 1. The van der Waals surface area contributed by atoms with E-state index in [0.29, 0.717) is 18.6 Å². The highest BCUT2D eigenvalue weighted by atomic mass is 16.3. The Labute approximate surface area is 165 Å². The molecule has 0 amide bonds. The molecule has 0 radical (unpaired) electrons. The molecule has 0 saturated heterocycles. The van der Waals surface area contributed by atoms with Gasteiger partial charge in [0.15, 0.2) is 0 Å². The van der Waals surface area contributed by atoms with Gasteiger partial charge in [0.25, 0.3) is 0 Å². The molecule has 2 nitrogen and oxygen atoms in total. The number of fused-ring (bicyclic) bond motifs is 4. The van der Waals surface area contributed by atoms with Crippen molar-refractivity contribution >= 4 is 5.78 Å². The van der Waals surface area contributed by atoms with Crippen molar-refractivity contribution in [2.24, 2.45) is 16.7 Å². The molecule has 2 aliphatic carbocycles. The Bertz CT molecular complexity index is 761.